The summed E-state index contributed by atoms with van der Waals surface area (Å²) in [6.07, 6.45) is 3.44. The van der Waals surface area contributed by atoms with Crippen LogP contribution in [0.1, 0.15) is 0 Å². The van der Waals surface area contributed by atoms with Crippen molar-refractivity contribution in [2.24, 2.45) is 0 Å². The zero-order valence-corrected chi connectivity index (χ0v) is 16.9. The Bertz CT molecular complexity index is 1330. The first-order chi connectivity index (χ1) is 14.9. The second-order valence-electron chi connectivity index (χ2n) is 7.22. The second kappa shape index (κ2) is 7.01. The van der Waals surface area contributed by atoms with Crippen molar-refractivity contribution in [2.75, 3.05) is 4.90 Å². The van der Waals surface area contributed by atoms with Crippen LogP contribution in [0.15, 0.2) is 113 Å². The topological polar surface area (TPSA) is 29.0 Å². The third kappa shape index (κ3) is 2.85. The number of nitrogens with zero attached hydrogens (tertiary/aromatic N) is 3. The van der Waals surface area contributed by atoms with Crippen molar-refractivity contribution in [1.82, 2.24) is 9.97 Å². The lowest BCUT2D eigenvalue weighted by molar-refractivity contribution is 1.17. The quantitative estimate of drug-likeness (QED) is 0.305. The van der Waals surface area contributed by atoms with Crippen LogP contribution in [0.25, 0.3) is 22.0 Å². The van der Waals surface area contributed by atoms with Crippen molar-refractivity contribution in [2.45, 2.75) is 9.79 Å². The first-order valence-corrected chi connectivity index (χ1v) is 10.6. The molecule has 0 aliphatic carbocycles. The lowest BCUT2D eigenvalue weighted by Crippen LogP contribution is -2.14. The van der Waals surface area contributed by atoms with Gasteiger partial charge in [-0.2, -0.15) is 0 Å². The lowest BCUT2D eigenvalue weighted by Gasteiger charge is -2.32. The van der Waals surface area contributed by atoms with E-state index in [-0.39, 0.29) is 0 Å². The monoisotopic (exact) mass is 403 g/mol. The van der Waals surface area contributed by atoms with Crippen LogP contribution < -0.4 is 4.90 Å². The van der Waals surface area contributed by atoms with Gasteiger partial charge in [0.15, 0.2) is 0 Å². The van der Waals surface area contributed by atoms with E-state index in [2.05, 4.69) is 106 Å². The Labute approximate surface area is 179 Å². The van der Waals surface area contributed by atoms with Crippen LogP contribution >= 0.6 is 11.8 Å². The van der Waals surface area contributed by atoms with Gasteiger partial charge < -0.3 is 4.90 Å². The molecule has 4 heteroatoms. The Balaban J connectivity index is 1.43. The Hall–Kier alpha value is -3.63. The summed E-state index contributed by atoms with van der Waals surface area (Å²) in [5, 5.41) is 1.05. The SMILES string of the molecule is c1ccc2c(c1)Sc1ccccc1N2c1ccc(-c2ccc3cncnc3c2)cc1. The average Bonchev–Trinajstić information content (AvgIpc) is 2.82. The zero-order valence-electron chi connectivity index (χ0n) is 16.1. The predicted octanol–water partition coefficient (Wildman–Crippen LogP) is 7.23. The number of aromatic nitrogens is 2. The highest BCUT2D eigenvalue weighted by Gasteiger charge is 2.24. The maximum atomic E-state index is 4.39. The first kappa shape index (κ1) is 17.2. The van der Waals surface area contributed by atoms with E-state index in [1.54, 1.807) is 6.33 Å². The highest BCUT2D eigenvalue weighted by atomic mass is 32.2. The molecule has 1 aliphatic heterocycles. The summed E-state index contributed by atoms with van der Waals surface area (Å²) in [6.45, 7) is 0. The Morgan fingerprint density at radius 3 is 2.07 bits per heavy atom. The molecule has 0 spiro atoms. The van der Waals surface area contributed by atoms with Crippen molar-refractivity contribution in [3.8, 4) is 11.1 Å². The van der Waals surface area contributed by atoms with Crippen LogP contribution in [-0.4, -0.2) is 9.97 Å². The van der Waals surface area contributed by atoms with E-state index in [1.807, 2.05) is 18.0 Å². The van der Waals surface area contributed by atoms with Crippen LogP contribution in [0, 0.1) is 0 Å². The van der Waals surface area contributed by atoms with E-state index in [0.29, 0.717) is 0 Å². The fourth-order valence-corrected chi connectivity index (χ4v) is 5.00. The summed E-state index contributed by atoms with van der Waals surface area (Å²) >= 11 is 1.83. The molecule has 3 nitrogen and oxygen atoms in total. The minimum absolute atomic E-state index is 0.961. The van der Waals surface area contributed by atoms with Crippen molar-refractivity contribution in [3.05, 3.63) is 104 Å². The van der Waals surface area contributed by atoms with E-state index in [4.69, 9.17) is 0 Å². The summed E-state index contributed by atoms with van der Waals surface area (Å²) in [7, 11) is 0. The number of para-hydroxylation sites is 2. The molecule has 4 aromatic carbocycles. The second-order valence-corrected chi connectivity index (χ2v) is 8.30. The van der Waals surface area contributed by atoms with Gasteiger partial charge in [0, 0.05) is 27.1 Å². The van der Waals surface area contributed by atoms with Crippen LogP contribution in [0.3, 0.4) is 0 Å². The van der Waals surface area contributed by atoms with Crippen molar-refractivity contribution < 1.29 is 0 Å². The first-order valence-electron chi connectivity index (χ1n) is 9.83. The highest BCUT2D eigenvalue weighted by Crippen LogP contribution is 2.51. The lowest BCUT2D eigenvalue weighted by atomic mass is 10.0. The van der Waals surface area contributed by atoms with Gasteiger partial charge in [-0.1, -0.05) is 60.3 Å². The Kier molecular flexibility index (Phi) is 4.03. The average molecular weight is 404 g/mol. The molecule has 0 bridgehead atoms. The van der Waals surface area contributed by atoms with Crippen molar-refractivity contribution >= 4 is 39.7 Å². The van der Waals surface area contributed by atoms with Gasteiger partial charge in [0.2, 0.25) is 0 Å². The van der Waals surface area contributed by atoms with Crippen LogP contribution in [0.2, 0.25) is 0 Å². The van der Waals surface area contributed by atoms with E-state index in [0.717, 1.165) is 22.2 Å². The maximum absolute atomic E-state index is 4.39. The molecule has 0 fully saturated rings. The molecule has 1 aromatic heterocycles. The fourth-order valence-electron chi connectivity index (χ4n) is 3.94. The molecule has 0 N–H and O–H groups in total. The van der Waals surface area contributed by atoms with Crippen LogP contribution in [0.5, 0.6) is 0 Å². The van der Waals surface area contributed by atoms with Crippen molar-refractivity contribution in [3.63, 3.8) is 0 Å². The number of anilines is 3. The smallest absolute Gasteiger partial charge is 0.116 e. The molecule has 0 unspecified atom stereocenters. The van der Waals surface area contributed by atoms with Gasteiger partial charge in [-0.05, 0) is 53.6 Å². The minimum atomic E-state index is 0.961. The molecule has 142 valence electrons. The van der Waals surface area contributed by atoms with Gasteiger partial charge in [0.1, 0.15) is 6.33 Å². The standard InChI is InChI=1S/C26H17N3S/c1-3-7-25-23(5-1)29(24-6-2-4-8-26(24)30-25)21-13-11-18(12-14-21)19-9-10-20-16-27-17-28-22(20)15-19/h1-17H. The van der Waals surface area contributed by atoms with Gasteiger partial charge in [0.05, 0.1) is 16.9 Å². The third-order valence-corrected chi connectivity index (χ3v) is 6.53. The normalized spacial score (nSPS) is 12.5. The third-order valence-electron chi connectivity index (χ3n) is 5.40. The zero-order chi connectivity index (χ0) is 19.9. The molecule has 0 amide bonds. The maximum Gasteiger partial charge on any atom is 0.116 e. The molecule has 2 heterocycles. The van der Waals surface area contributed by atoms with Crippen LogP contribution in [-0.2, 0) is 0 Å². The van der Waals surface area contributed by atoms with Gasteiger partial charge in [-0.3, -0.25) is 0 Å². The predicted molar refractivity (Wildman–Crippen MR) is 124 cm³/mol. The number of rotatable bonds is 2. The summed E-state index contributed by atoms with van der Waals surface area (Å²) in [5.74, 6) is 0. The Morgan fingerprint density at radius 1 is 0.667 bits per heavy atom. The number of hydrogen-bond acceptors (Lipinski definition) is 4. The molecule has 0 saturated heterocycles. The molecule has 1 aliphatic rings. The molecule has 0 saturated carbocycles. The van der Waals surface area contributed by atoms with E-state index >= 15 is 0 Å². The van der Waals surface area contributed by atoms with Crippen LogP contribution in [0.4, 0.5) is 17.1 Å². The summed E-state index contributed by atoms with van der Waals surface area (Å²) in [6, 6.07) is 32.3. The largest absolute Gasteiger partial charge is 0.308 e. The summed E-state index contributed by atoms with van der Waals surface area (Å²) in [4.78, 5) is 13.4. The van der Waals surface area contributed by atoms with E-state index < -0.39 is 0 Å². The molecule has 0 radical (unpaired) electrons. The van der Waals surface area contributed by atoms with Gasteiger partial charge in [-0.25, -0.2) is 9.97 Å². The molecule has 30 heavy (non-hydrogen) atoms. The summed E-state index contributed by atoms with van der Waals surface area (Å²) < 4.78 is 0. The van der Waals surface area contributed by atoms with Gasteiger partial charge >= 0.3 is 0 Å². The molecule has 6 rings (SSSR count). The van der Waals surface area contributed by atoms with E-state index in [1.165, 1.54) is 26.7 Å². The summed E-state index contributed by atoms with van der Waals surface area (Å²) in [5.41, 5.74) is 6.88. The number of benzene rings is 4. The molecule has 0 atom stereocenters. The van der Waals surface area contributed by atoms with E-state index in [9.17, 15) is 0 Å². The molecular formula is C26H17N3S. The minimum Gasteiger partial charge on any atom is -0.308 e. The molecular weight excluding hydrogens is 386 g/mol. The number of hydrogen-bond donors (Lipinski definition) is 0. The van der Waals surface area contributed by atoms with Gasteiger partial charge in [0.25, 0.3) is 0 Å². The fraction of sp³-hybridized carbons (Fsp3) is 0. The number of fused-ring (bicyclic) bond motifs is 3. The molecule has 5 aromatic rings. The Morgan fingerprint density at radius 2 is 1.33 bits per heavy atom. The van der Waals surface area contributed by atoms with Gasteiger partial charge in [-0.15, -0.1) is 0 Å². The highest BCUT2D eigenvalue weighted by molar-refractivity contribution is 7.99. The van der Waals surface area contributed by atoms with Crippen molar-refractivity contribution in [1.29, 1.82) is 0 Å².